The van der Waals surface area contributed by atoms with E-state index in [4.69, 9.17) is 10.8 Å². The molecule has 52 valence electrons. The third kappa shape index (κ3) is 1.19. The highest BCUT2D eigenvalue weighted by Crippen LogP contribution is 1.98. The van der Waals surface area contributed by atoms with Crippen molar-refractivity contribution in [1.29, 1.82) is 0 Å². The van der Waals surface area contributed by atoms with Crippen LogP contribution in [0.5, 0.6) is 5.88 Å². The van der Waals surface area contributed by atoms with Gasteiger partial charge < -0.3 is 10.8 Å². The number of nitrogens with two attached hydrogens (primary N) is 1. The molecule has 0 aliphatic heterocycles. The zero-order valence-electron chi connectivity index (χ0n) is 4.98. The van der Waals surface area contributed by atoms with E-state index >= 15 is 0 Å². The molecule has 0 radical (unpaired) electrons. The van der Waals surface area contributed by atoms with Crippen LogP contribution in [0.3, 0.4) is 0 Å². The molecule has 0 bridgehead atoms. The summed E-state index contributed by atoms with van der Waals surface area (Å²) in [6.07, 6.45) is 2.16. The molecular weight excluding hydrogens is 134 g/mol. The maximum atomic E-state index is 10.4. The van der Waals surface area contributed by atoms with Crippen LogP contribution in [0.4, 0.5) is 0 Å². The second kappa shape index (κ2) is 2.30. The van der Waals surface area contributed by atoms with E-state index in [9.17, 15) is 4.79 Å². The Hall–Kier alpha value is -1.65. The van der Waals surface area contributed by atoms with Gasteiger partial charge in [-0.2, -0.15) is 0 Å². The molecule has 3 N–H and O–H groups in total. The molecule has 5 nitrogen and oxygen atoms in total. The van der Waals surface area contributed by atoms with Gasteiger partial charge in [0.25, 0.3) is 5.91 Å². The fourth-order valence-corrected chi connectivity index (χ4v) is 0.448. The maximum Gasteiger partial charge on any atom is 0.268 e. The van der Waals surface area contributed by atoms with Crippen molar-refractivity contribution in [2.45, 2.75) is 0 Å². The molecule has 0 aromatic carbocycles. The Bertz CT molecular complexity index is 244. The number of hydrogen-bond donors (Lipinski definition) is 2. The first-order valence-electron chi connectivity index (χ1n) is 2.51. The summed E-state index contributed by atoms with van der Waals surface area (Å²) in [5.41, 5.74) is 4.88. The standard InChI is InChI=1S/C5H5N3O2/c6-5(10)3-1-8-4(9)2-7-3/h1-2H,(H2,6,10)(H,8,9). The molecule has 0 spiro atoms. The molecule has 1 aromatic heterocycles. The zero-order valence-corrected chi connectivity index (χ0v) is 4.98. The van der Waals surface area contributed by atoms with Crippen LogP contribution in [-0.2, 0) is 0 Å². The molecule has 1 aromatic rings. The van der Waals surface area contributed by atoms with Crippen molar-refractivity contribution in [1.82, 2.24) is 9.97 Å². The Labute approximate surface area is 56.5 Å². The first kappa shape index (κ1) is 6.47. The summed E-state index contributed by atoms with van der Waals surface area (Å²) in [7, 11) is 0. The van der Waals surface area contributed by atoms with E-state index in [0.29, 0.717) is 0 Å². The second-order valence-electron chi connectivity index (χ2n) is 1.62. The third-order valence-electron chi connectivity index (χ3n) is 0.891. The molecule has 1 amide bonds. The van der Waals surface area contributed by atoms with Crippen LogP contribution in [-0.4, -0.2) is 21.0 Å². The van der Waals surface area contributed by atoms with E-state index in [1.807, 2.05) is 0 Å². The first-order chi connectivity index (χ1) is 4.70. The number of aromatic nitrogens is 2. The monoisotopic (exact) mass is 139 g/mol. The van der Waals surface area contributed by atoms with Gasteiger partial charge in [0.15, 0.2) is 0 Å². The lowest BCUT2D eigenvalue weighted by Gasteiger charge is -1.91. The smallest absolute Gasteiger partial charge is 0.268 e. The molecule has 5 heteroatoms. The number of carbonyl (C=O) groups is 1. The van der Waals surface area contributed by atoms with Gasteiger partial charge in [-0.25, -0.2) is 9.97 Å². The third-order valence-corrected chi connectivity index (χ3v) is 0.891. The minimum atomic E-state index is -0.660. The van der Waals surface area contributed by atoms with Crippen molar-refractivity contribution in [2.24, 2.45) is 5.73 Å². The highest BCUT2D eigenvalue weighted by atomic mass is 16.3. The fourth-order valence-electron chi connectivity index (χ4n) is 0.448. The minimum absolute atomic E-state index is 0.0396. The van der Waals surface area contributed by atoms with Crippen LogP contribution >= 0.6 is 0 Å². The Morgan fingerprint density at radius 1 is 1.50 bits per heavy atom. The average Bonchev–Trinajstić information content (AvgIpc) is 1.88. The van der Waals surface area contributed by atoms with Crippen molar-refractivity contribution in [3.8, 4) is 5.88 Å². The van der Waals surface area contributed by atoms with E-state index in [1.165, 1.54) is 0 Å². The van der Waals surface area contributed by atoms with Crippen molar-refractivity contribution in [3.63, 3.8) is 0 Å². The molecule has 0 atom stereocenters. The Kier molecular flexibility index (Phi) is 1.49. The van der Waals surface area contributed by atoms with E-state index in [1.54, 1.807) is 0 Å². The van der Waals surface area contributed by atoms with Crippen molar-refractivity contribution in [2.75, 3.05) is 0 Å². The Balaban J connectivity index is 3.00. The van der Waals surface area contributed by atoms with Crippen LogP contribution in [0.2, 0.25) is 0 Å². The number of aromatic hydroxyl groups is 1. The molecule has 0 fully saturated rings. The summed E-state index contributed by atoms with van der Waals surface area (Å²) in [4.78, 5) is 17.2. The highest BCUT2D eigenvalue weighted by Gasteiger charge is 2.00. The molecule has 1 heterocycles. The van der Waals surface area contributed by atoms with E-state index in [2.05, 4.69) is 9.97 Å². The van der Waals surface area contributed by atoms with Gasteiger partial charge in [-0.1, -0.05) is 0 Å². The van der Waals surface area contributed by atoms with Crippen LogP contribution in [0.15, 0.2) is 12.4 Å². The number of amides is 1. The summed E-state index contributed by atoms with van der Waals surface area (Å²) in [5, 5.41) is 8.61. The largest absolute Gasteiger partial charge is 0.492 e. The number of nitrogens with zero attached hydrogens (tertiary/aromatic N) is 2. The van der Waals surface area contributed by atoms with Crippen molar-refractivity contribution in [3.05, 3.63) is 18.1 Å². The number of carbonyl (C=O) groups excluding carboxylic acids is 1. The van der Waals surface area contributed by atoms with Gasteiger partial charge in [-0.3, -0.25) is 4.79 Å². The zero-order chi connectivity index (χ0) is 7.56. The number of rotatable bonds is 1. The predicted octanol–water partition coefficient (Wildman–Crippen LogP) is -0.719. The molecule has 10 heavy (non-hydrogen) atoms. The second-order valence-corrected chi connectivity index (χ2v) is 1.62. The molecule has 0 saturated heterocycles. The van der Waals surface area contributed by atoms with Crippen LogP contribution < -0.4 is 5.73 Å². The van der Waals surface area contributed by atoms with Gasteiger partial charge in [0.05, 0.1) is 12.4 Å². The molecule has 0 unspecified atom stereocenters. The van der Waals surface area contributed by atoms with E-state index in [-0.39, 0.29) is 11.6 Å². The average molecular weight is 139 g/mol. The summed E-state index contributed by atoms with van der Waals surface area (Å²) in [5.74, 6) is -0.891. The van der Waals surface area contributed by atoms with Crippen molar-refractivity contribution < 1.29 is 9.90 Å². The fraction of sp³-hybridized carbons (Fsp3) is 0. The summed E-state index contributed by atoms with van der Waals surface area (Å²) >= 11 is 0. The predicted molar refractivity (Wildman–Crippen MR) is 32.2 cm³/mol. The lowest BCUT2D eigenvalue weighted by atomic mass is 10.4. The van der Waals surface area contributed by atoms with Crippen molar-refractivity contribution >= 4 is 5.91 Å². The number of hydrogen-bond acceptors (Lipinski definition) is 4. The van der Waals surface area contributed by atoms with Gasteiger partial charge in [-0.05, 0) is 0 Å². The van der Waals surface area contributed by atoms with Gasteiger partial charge in [0.2, 0.25) is 5.88 Å². The van der Waals surface area contributed by atoms with Crippen LogP contribution in [0.1, 0.15) is 10.5 Å². The molecule has 0 aliphatic rings. The highest BCUT2D eigenvalue weighted by molar-refractivity contribution is 5.90. The summed E-state index contributed by atoms with van der Waals surface area (Å²) in [6.45, 7) is 0. The van der Waals surface area contributed by atoms with Crippen LogP contribution in [0, 0.1) is 0 Å². The van der Waals surface area contributed by atoms with Crippen LogP contribution in [0.25, 0.3) is 0 Å². The summed E-state index contributed by atoms with van der Waals surface area (Å²) in [6, 6.07) is 0. The van der Waals surface area contributed by atoms with E-state index < -0.39 is 5.91 Å². The molecule has 0 saturated carbocycles. The summed E-state index contributed by atoms with van der Waals surface area (Å²) < 4.78 is 0. The van der Waals surface area contributed by atoms with Gasteiger partial charge in [0.1, 0.15) is 5.69 Å². The molecular formula is C5H5N3O2. The van der Waals surface area contributed by atoms with E-state index in [0.717, 1.165) is 12.4 Å². The quantitative estimate of drug-likeness (QED) is 0.537. The van der Waals surface area contributed by atoms with Gasteiger partial charge in [0, 0.05) is 0 Å². The first-order valence-corrected chi connectivity index (χ1v) is 2.51. The Morgan fingerprint density at radius 2 is 2.20 bits per heavy atom. The normalized spacial score (nSPS) is 9.20. The minimum Gasteiger partial charge on any atom is -0.492 e. The SMILES string of the molecule is NC(=O)c1cnc(O)cn1. The Morgan fingerprint density at radius 3 is 2.60 bits per heavy atom. The lowest BCUT2D eigenvalue weighted by molar-refractivity contribution is 0.0995. The van der Waals surface area contributed by atoms with Gasteiger partial charge >= 0.3 is 0 Å². The molecule has 0 aliphatic carbocycles. The topological polar surface area (TPSA) is 89.1 Å². The maximum absolute atomic E-state index is 10.4. The lowest BCUT2D eigenvalue weighted by Crippen LogP contribution is -2.12. The number of primary amides is 1. The van der Waals surface area contributed by atoms with Gasteiger partial charge in [-0.15, -0.1) is 0 Å². The molecule has 1 rings (SSSR count).